The summed E-state index contributed by atoms with van der Waals surface area (Å²) in [6, 6.07) is 5.68. The van der Waals surface area contributed by atoms with E-state index in [0.717, 1.165) is 0 Å². The van der Waals surface area contributed by atoms with Crippen molar-refractivity contribution in [3.63, 3.8) is 0 Å². The summed E-state index contributed by atoms with van der Waals surface area (Å²) in [4.78, 5) is 10.9. The number of hydrogen-bond acceptors (Lipinski definition) is 3. The molecule has 0 fully saturated rings. The molecule has 0 aliphatic carbocycles. The summed E-state index contributed by atoms with van der Waals surface area (Å²) in [6.07, 6.45) is 0. The minimum absolute atomic E-state index is 0.0277. The Morgan fingerprint density at radius 2 is 2.22 bits per heavy atom. The second-order valence-electron chi connectivity index (χ2n) is 3.68. The van der Waals surface area contributed by atoms with Gasteiger partial charge in [0.15, 0.2) is 5.69 Å². The van der Waals surface area contributed by atoms with Crippen LogP contribution < -0.4 is 11.5 Å². The lowest BCUT2D eigenvalue weighted by molar-refractivity contribution is 0.0995. The van der Waals surface area contributed by atoms with Gasteiger partial charge in [0.25, 0.3) is 5.91 Å². The number of aromatic nitrogens is 2. The van der Waals surface area contributed by atoms with E-state index in [9.17, 15) is 9.18 Å². The van der Waals surface area contributed by atoms with E-state index in [4.69, 9.17) is 23.1 Å². The third kappa shape index (κ3) is 2.28. The van der Waals surface area contributed by atoms with Crippen LogP contribution in [0, 0.1) is 5.82 Å². The Morgan fingerprint density at radius 3 is 2.78 bits per heavy atom. The van der Waals surface area contributed by atoms with Crippen LogP contribution in [0.3, 0.4) is 0 Å². The lowest BCUT2D eigenvalue weighted by Gasteiger charge is -2.07. The predicted molar refractivity (Wildman–Crippen MR) is 65.7 cm³/mol. The fourth-order valence-corrected chi connectivity index (χ4v) is 1.73. The van der Waals surface area contributed by atoms with Crippen molar-refractivity contribution in [3.8, 4) is 0 Å². The quantitative estimate of drug-likeness (QED) is 0.882. The number of nitrogens with two attached hydrogens (primary N) is 2. The molecule has 0 spiro atoms. The van der Waals surface area contributed by atoms with Gasteiger partial charge in [-0.05, 0) is 12.1 Å². The van der Waals surface area contributed by atoms with Crippen LogP contribution >= 0.6 is 11.6 Å². The summed E-state index contributed by atoms with van der Waals surface area (Å²) in [7, 11) is 0. The van der Waals surface area contributed by atoms with Gasteiger partial charge in [-0.15, -0.1) is 0 Å². The van der Waals surface area contributed by atoms with E-state index in [1.165, 1.54) is 22.9 Å². The molecule has 18 heavy (non-hydrogen) atoms. The minimum atomic E-state index is -0.694. The van der Waals surface area contributed by atoms with Gasteiger partial charge in [0.2, 0.25) is 0 Å². The van der Waals surface area contributed by atoms with Gasteiger partial charge in [0, 0.05) is 16.7 Å². The van der Waals surface area contributed by atoms with Crippen molar-refractivity contribution >= 4 is 23.3 Å². The van der Waals surface area contributed by atoms with Gasteiger partial charge in [-0.3, -0.25) is 4.79 Å². The molecule has 1 aromatic heterocycles. The Hall–Kier alpha value is -2.08. The lowest BCUT2D eigenvalue weighted by Crippen LogP contribution is -2.13. The molecule has 0 radical (unpaired) electrons. The molecule has 4 N–H and O–H groups in total. The zero-order valence-electron chi connectivity index (χ0n) is 9.23. The summed E-state index contributed by atoms with van der Waals surface area (Å²) in [5.74, 6) is -0.943. The largest absolute Gasteiger partial charge is 0.384 e. The normalized spacial score (nSPS) is 10.6. The third-order valence-corrected chi connectivity index (χ3v) is 2.79. The van der Waals surface area contributed by atoms with E-state index in [-0.39, 0.29) is 28.6 Å². The standard InChI is InChI=1S/C11H10ClFN4O/c12-7-2-1-3-8(13)6(7)5-17-10(14)4-9(16-17)11(15)18/h1-4H,5,14H2,(H2,15,18). The Balaban J connectivity index is 2.37. The van der Waals surface area contributed by atoms with E-state index >= 15 is 0 Å². The smallest absolute Gasteiger partial charge is 0.269 e. The van der Waals surface area contributed by atoms with Crippen molar-refractivity contribution in [2.75, 3.05) is 5.73 Å². The Labute approximate surface area is 107 Å². The first-order valence-corrected chi connectivity index (χ1v) is 5.43. The van der Waals surface area contributed by atoms with Crippen LogP contribution in [0.15, 0.2) is 24.3 Å². The van der Waals surface area contributed by atoms with Crippen LogP contribution in [0.5, 0.6) is 0 Å². The van der Waals surface area contributed by atoms with Crippen LogP contribution in [0.25, 0.3) is 0 Å². The highest BCUT2D eigenvalue weighted by atomic mass is 35.5. The monoisotopic (exact) mass is 268 g/mol. The van der Waals surface area contributed by atoms with Crippen LogP contribution in [-0.2, 0) is 6.54 Å². The molecule has 2 aromatic rings. The first-order valence-electron chi connectivity index (χ1n) is 5.05. The number of hydrogen-bond donors (Lipinski definition) is 2. The van der Waals surface area contributed by atoms with Crippen molar-refractivity contribution in [2.24, 2.45) is 5.73 Å². The van der Waals surface area contributed by atoms with Gasteiger partial charge < -0.3 is 11.5 Å². The number of anilines is 1. The van der Waals surface area contributed by atoms with Gasteiger partial charge in [-0.2, -0.15) is 5.10 Å². The Morgan fingerprint density at radius 1 is 1.50 bits per heavy atom. The van der Waals surface area contributed by atoms with Crippen molar-refractivity contribution in [2.45, 2.75) is 6.54 Å². The summed E-state index contributed by atoms with van der Waals surface area (Å²) >= 11 is 5.89. The number of rotatable bonds is 3. The molecular formula is C11H10ClFN4O. The van der Waals surface area contributed by atoms with Gasteiger partial charge in [0.05, 0.1) is 6.54 Å². The van der Waals surface area contributed by atoms with Crippen LogP contribution in [0.2, 0.25) is 5.02 Å². The number of amides is 1. The molecule has 0 unspecified atom stereocenters. The number of nitrogens with zero attached hydrogens (tertiary/aromatic N) is 2. The summed E-state index contributed by atoms with van der Waals surface area (Å²) in [6.45, 7) is 0.0324. The van der Waals surface area contributed by atoms with Crippen molar-refractivity contribution in [3.05, 3.63) is 46.4 Å². The maximum atomic E-state index is 13.6. The number of halogens is 2. The maximum Gasteiger partial charge on any atom is 0.269 e. The van der Waals surface area contributed by atoms with E-state index in [1.807, 2.05) is 0 Å². The molecule has 1 aromatic carbocycles. The Bertz CT molecular complexity index is 591. The molecule has 0 atom stereocenters. The molecule has 0 aliphatic rings. The average molecular weight is 269 g/mol. The van der Waals surface area contributed by atoms with Crippen molar-refractivity contribution in [1.82, 2.24) is 9.78 Å². The van der Waals surface area contributed by atoms with Gasteiger partial charge in [0.1, 0.15) is 11.6 Å². The molecule has 0 bridgehead atoms. The SMILES string of the molecule is NC(=O)c1cc(N)n(Cc2c(F)cccc2Cl)n1. The summed E-state index contributed by atoms with van der Waals surface area (Å²) in [5, 5.41) is 4.15. The molecule has 0 aliphatic heterocycles. The molecular weight excluding hydrogens is 259 g/mol. The van der Waals surface area contributed by atoms with Crippen LogP contribution in [0.4, 0.5) is 10.2 Å². The zero-order chi connectivity index (χ0) is 13.3. The fraction of sp³-hybridized carbons (Fsp3) is 0.0909. The summed E-state index contributed by atoms with van der Waals surface area (Å²) < 4.78 is 14.8. The first-order chi connectivity index (χ1) is 8.49. The van der Waals surface area contributed by atoms with Gasteiger partial charge in [-0.25, -0.2) is 9.07 Å². The molecule has 94 valence electrons. The molecule has 7 heteroatoms. The second kappa shape index (κ2) is 4.66. The molecule has 0 saturated heterocycles. The number of benzene rings is 1. The summed E-state index contributed by atoms with van der Waals surface area (Å²) in [5.41, 5.74) is 11.0. The maximum absolute atomic E-state index is 13.6. The van der Waals surface area contributed by atoms with Gasteiger partial charge in [-0.1, -0.05) is 17.7 Å². The highest BCUT2D eigenvalue weighted by molar-refractivity contribution is 6.31. The van der Waals surface area contributed by atoms with Crippen molar-refractivity contribution in [1.29, 1.82) is 0 Å². The minimum Gasteiger partial charge on any atom is -0.384 e. The van der Waals surface area contributed by atoms with Crippen LogP contribution in [-0.4, -0.2) is 15.7 Å². The average Bonchev–Trinajstić information content (AvgIpc) is 2.66. The highest BCUT2D eigenvalue weighted by Crippen LogP contribution is 2.21. The topological polar surface area (TPSA) is 86.9 Å². The second-order valence-corrected chi connectivity index (χ2v) is 4.08. The highest BCUT2D eigenvalue weighted by Gasteiger charge is 2.13. The van der Waals surface area contributed by atoms with Crippen LogP contribution in [0.1, 0.15) is 16.1 Å². The lowest BCUT2D eigenvalue weighted by atomic mass is 10.2. The predicted octanol–water partition coefficient (Wildman–Crippen LogP) is 1.40. The Kier molecular flexibility index (Phi) is 3.20. The number of carbonyl (C=O) groups is 1. The fourth-order valence-electron chi connectivity index (χ4n) is 1.51. The molecule has 1 heterocycles. The van der Waals surface area contributed by atoms with E-state index < -0.39 is 11.7 Å². The van der Waals surface area contributed by atoms with E-state index in [0.29, 0.717) is 0 Å². The number of nitrogen functional groups attached to an aromatic ring is 1. The molecule has 1 amide bonds. The van der Waals surface area contributed by atoms with Gasteiger partial charge >= 0.3 is 0 Å². The van der Waals surface area contributed by atoms with Crippen molar-refractivity contribution < 1.29 is 9.18 Å². The third-order valence-electron chi connectivity index (χ3n) is 2.43. The van der Waals surface area contributed by atoms with E-state index in [1.54, 1.807) is 6.07 Å². The zero-order valence-corrected chi connectivity index (χ0v) is 9.99. The number of primary amides is 1. The molecule has 2 rings (SSSR count). The molecule has 5 nitrogen and oxygen atoms in total. The molecule has 0 saturated carbocycles. The van der Waals surface area contributed by atoms with E-state index in [2.05, 4.69) is 5.10 Å². The first kappa shape index (κ1) is 12.4. The number of carbonyl (C=O) groups excluding carboxylic acids is 1.